The molecule has 0 atom stereocenters. The van der Waals surface area contributed by atoms with E-state index in [1.807, 2.05) is 69.9 Å². The number of aromatic nitrogens is 4. The molecule has 5 nitrogen and oxygen atoms in total. The molecule has 318 valence electrons. The van der Waals surface area contributed by atoms with E-state index in [9.17, 15) is 0 Å². The zero-order valence-electron chi connectivity index (χ0n) is 46.3. The first-order valence-corrected chi connectivity index (χ1v) is 22.3. The number of para-hydroxylation sites is 3. The van der Waals surface area contributed by atoms with Crippen molar-refractivity contribution in [2.24, 2.45) is 5.41 Å². The van der Waals surface area contributed by atoms with E-state index < -0.39 is 60.4 Å². The molecule has 0 N–H and O–H groups in total. The molecule has 7 aromatic carbocycles. The molecule has 0 saturated carbocycles. The summed E-state index contributed by atoms with van der Waals surface area (Å²) in [7, 11) is 0. The van der Waals surface area contributed by atoms with Gasteiger partial charge in [-0.15, -0.1) is 0 Å². The normalized spacial score (nSPS) is 17.1. The van der Waals surface area contributed by atoms with Gasteiger partial charge in [-0.05, 0) is 45.9 Å². The van der Waals surface area contributed by atoms with Crippen molar-refractivity contribution in [3.05, 3.63) is 196 Å². The maximum atomic E-state index is 9.09. The summed E-state index contributed by atoms with van der Waals surface area (Å²) < 4.78 is 101. The Kier molecular flexibility index (Phi) is 7.04. The molecule has 0 radical (unpaired) electrons. The molecular formula is C58H48N4OPt-2. The molecule has 10 aromatic rings. The fourth-order valence-corrected chi connectivity index (χ4v) is 10.7. The van der Waals surface area contributed by atoms with E-state index in [2.05, 4.69) is 109 Å². The van der Waals surface area contributed by atoms with Crippen LogP contribution in [0.2, 0.25) is 0 Å². The van der Waals surface area contributed by atoms with Gasteiger partial charge in [-0.3, -0.25) is 0 Å². The third kappa shape index (κ3) is 6.01. The second-order valence-corrected chi connectivity index (χ2v) is 19.0. The number of fused-ring (bicyclic) bond motifs is 5. The summed E-state index contributed by atoms with van der Waals surface area (Å²) in [5.74, 6) is 1.61. The van der Waals surface area contributed by atoms with Crippen LogP contribution in [0.3, 0.4) is 0 Å². The van der Waals surface area contributed by atoms with Crippen molar-refractivity contribution in [2.45, 2.75) is 59.3 Å². The first-order valence-electron chi connectivity index (χ1n) is 26.1. The van der Waals surface area contributed by atoms with Crippen molar-refractivity contribution in [2.75, 3.05) is 0 Å². The molecule has 3 heterocycles. The van der Waals surface area contributed by atoms with Crippen LogP contribution in [-0.2, 0) is 30.2 Å². The average molecular weight is 1020 g/mol. The van der Waals surface area contributed by atoms with Gasteiger partial charge in [-0.1, -0.05) is 41.5 Å². The molecule has 0 amide bonds. The number of hydrogen-bond donors (Lipinski definition) is 0. The molecule has 11 rings (SSSR count). The average Bonchev–Trinajstić information content (AvgIpc) is 3.92. The van der Waals surface area contributed by atoms with Crippen LogP contribution < -0.4 is 4.74 Å². The van der Waals surface area contributed by atoms with Crippen LogP contribution in [0, 0.1) is 28.3 Å². The summed E-state index contributed by atoms with van der Waals surface area (Å²) in [6.45, 7) is 16.2. The summed E-state index contributed by atoms with van der Waals surface area (Å²) in [4.78, 5) is 4.87. The molecule has 0 bridgehead atoms. The molecule has 1 aliphatic carbocycles. The quantitative estimate of drug-likeness (QED) is 0.149. The number of nitrogens with zero attached hydrogens (tertiary/aromatic N) is 4. The molecule has 64 heavy (non-hydrogen) atoms. The van der Waals surface area contributed by atoms with E-state index in [4.69, 9.17) is 23.4 Å². The summed E-state index contributed by atoms with van der Waals surface area (Å²) in [5.41, 5.74) is 7.53. The van der Waals surface area contributed by atoms with Gasteiger partial charge in [0, 0.05) is 6.20 Å². The number of pyridine rings is 1. The van der Waals surface area contributed by atoms with E-state index in [0.717, 1.165) is 33.2 Å². The van der Waals surface area contributed by atoms with Crippen LogP contribution in [0.5, 0.6) is 11.5 Å². The van der Waals surface area contributed by atoms with Gasteiger partial charge in [-0.25, -0.2) is 0 Å². The number of hydrogen-bond acceptors (Lipinski definition) is 2. The van der Waals surface area contributed by atoms with Crippen molar-refractivity contribution >= 4 is 32.8 Å². The fraction of sp³-hybridized carbons (Fsp3) is 0.172. The second kappa shape index (κ2) is 14.8. The second-order valence-electron chi connectivity index (χ2n) is 18.0. The van der Waals surface area contributed by atoms with Gasteiger partial charge in [-0.2, -0.15) is 0 Å². The standard InChI is InChI=1S/C58H48N4O.Pt/c1-38-30-31-59-54(32-38)62-52-34-43(28-29-46(52)47-35-48-49(36-53(47)62)57(4,5)58(6,7)56(48,2)3)63-42-23-16-22-41(33-42)60-37-61(51-27-15-14-26-50(51)60)55-44(39-18-10-8-11-19-39)24-17-25-45(55)40-20-12-9-13-21-40;/h8-32,35-36H,1-7H3;/q-2;/i8D,9D,10D,11D,12D,13D,18D,19D,20D,21D;. The number of aryl methyl sites for hydroxylation is 1. The Morgan fingerprint density at radius 1 is 0.594 bits per heavy atom. The third-order valence-corrected chi connectivity index (χ3v) is 15.1. The minimum absolute atomic E-state index is 0.0252. The zero-order chi connectivity index (χ0) is 52.8. The molecule has 0 saturated heterocycles. The summed E-state index contributed by atoms with van der Waals surface area (Å²) in [5, 5.41) is 2.12. The van der Waals surface area contributed by atoms with Gasteiger partial charge >= 0.3 is 308 Å². The van der Waals surface area contributed by atoms with Crippen LogP contribution in [0.15, 0.2) is 164 Å². The summed E-state index contributed by atoms with van der Waals surface area (Å²) in [6, 6.07) is 32.6. The van der Waals surface area contributed by atoms with Crippen molar-refractivity contribution < 1.29 is 37.8 Å². The molecule has 0 spiro atoms. The van der Waals surface area contributed by atoms with Crippen molar-refractivity contribution in [3.63, 3.8) is 0 Å². The van der Waals surface area contributed by atoms with Crippen LogP contribution in [0.25, 0.3) is 72.3 Å². The van der Waals surface area contributed by atoms with Crippen LogP contribution >= 0.6 is 0 Å². The SMILES string of the molecule is [2H]c1c([2H])c([2H])c(-c2cccc(-c3c([2H])c([2H])c([2H])c([2H])c3[2H])c2-n2[c](=[Pt])n(-c3[c-]c(Oc4[c-]c5c(cc4)c4cc6c(cc4n5-c4cc(C)ccn4)C(C)(C)C(C)(C)C6(C)C)ccc3)c3ccccc32)c([2H])c1[2H]. The topological polar surface area (TPSA) is 36.9 Å². The first kappa shape index (κ1) is 30.5. The summed E-state index contributed by atoms with van der Waals surface area (Å²) in [6.07, 6.45) is 1.83. The molecule has 0 fully saturated rings. The van der Waals surface area contributed by atoms with E-state index in [1.54, 1.807) is 18.2 Å². The van der Waals surface area contributed by atoms with Gasteiger partial charge in [0.25, 0.3) is 0 Å². The Bertz CT molecular complexity index is 4010. The number of ether oxygens (including phenoxy) is 1. The Balaban J connectivity index is 1.10. The molecule has 0 aliphatic heterocycles. The molecule has 1 aliphatic rings. The number of benzene rings is 7. The van der Waals surface area contributed by atoms with Gasteiger partial charge in [0.2, 0.25) is 0 Å². The van der Waals surface area contributed by atoms with Gasteiger partial charge in [0.15, 0.2) is 0 Å². The van der Waals surface area contributed by atoms with Crippen LogP contribution in [-0.4, -0.2) is 18.7 Å². The van der Waals surface area contributed by atoms with Gasteiger partial charge in [0.1, 0.15) is 0 Å². The number of imidazole rings is 1. The Labute approximate surface area is 399 Å². The van der Waals surface area contributed by atoms with Crippen molar-refractivity contribution in [1.82, 2.24) is 18.7 Å². The summed E-state index contributed by atoms with van der Waals surface area (Å²) >= 11 is 2.16. The predicted molar refractivity (Wildman–Crippen MR) is 258 cm³/mol. The fourth-order valence-electron chi connectivity index (χ4n) is 9.65. The molecule has 6 heteroatoms. The Hall–Kier alpha value is -6.55. The van der Waals surface area contributed by atoms with E-state index in [0.29, 0.717) is 32.0 Å². The van der Waals surface area contributed by atoms with E-state index >= 15 is 0 Å². The van der Waals surface area contributed by atoms with E-state index in [1.165, 1.54) is 11.1 Å². The molecular weight excluding hydrogens is 964 g/mol. The maximum absolute atomic E-state index is 9.09. The monoisotopic (exact) mass is 1020 g/mol. The van der Waals surface area contributed by atoms with Crippen molar-refractivity contribution in [3.8, 4) is 50.9 Å². The van der Waals surface area contributed by atoms with Gasteiger partial charge < -0.3 is 0 Å². The van der Waals surface area contributed by atoms with Crippen molar-refractivity contribution in [1.29, 1.82) is 0 Å². The first-order chi connectivity index (χ1) is 35.0. The number of rotatable bonds is 7. The third-order valence-electron chi connectivity index (χ3n) is 14.1. The Morgan fingerprint density at radius 3 is 1.86 bits per heavy atom. The van der Waals surface area contributed by atoms with Crippen LogP contribution in [0.1, 0.15) is 71.9 Å². The van der Waals surface area contributed by atoms with E-state index in [-0.39, 0.29) is 44.2 Å². The predicted octanol–water partition coefficient (Wildman–Crippen LogP) is 14.6. The minimum atomic E-state index is -0.563. The van der Waals surface area contributed by atoms with Gasteiger partial charge in [0.05, 0.1) is 0 Å². The molecule has 3 aromatic heterocycles. The van der Waals surface area contributed by atoms with Crippen LogP contribution in [0.4, 0.5) is 0 Å². The Morgan fingerprint density at radius 2 is 1.20 bits per heavy atom. The zero-order valence-corrected chi connectivity index (χ0v) is 38.6. The molecule has 0 unspecified atom stereocenters.